The molecule has 0 saturated heterocycles. The van der Waals surface area contributed by atoms with E-state index in [4.69, 9.17) is 0 Å². The van der Waals surface area contributed by atoms with Gasteiger partial charge in [0, 0.05) is 12.4 Å². The zero-order chi connectivity index (χ0) is 4.24. The van der Waals surface area contributed by atoms with E-state index in [9.17, 15) is 0 Å². The van der Waals surface area contributed by atoms with Crippen LogP contribution in [0, 0.1) is 0 Å². The van der Waals surface area contributed by atoms with Gasteiger partial charge in [-0.15, -0.1) is 0 Å². The number of aromatic nitrogens is 2. The Hall–Kier alpha value is 0.145. The topological polar surface area (TPSA) is 25.8 Å². The van der Waals surface area contributed by atoms with Crippen LogP contribution in [-0.2, 0) is 0 Å². The average Bonchev–Trinajstić information content (AvgIpc) is 1.72. The first kappa shape index (κ1) is 11.0. The van der Waals surface area contributed by atoms with Gasteiger partial charge in [0.25, 0.3) is 0 Å². The van der Waals surface area contributed by atoms with Gasteiger partial charge in [-0.1, -0.05) is 8.41 Å². The van der Waals surface area contributed by atoms with Crippen molar-refractivity contribution in [3.8, 4) is 0 Å². The molecule has 0 aromatic carbocycles. The van der Waals surface area contributed by atoms with Gasteiger partial charge in [-0.3, -0.25) is 0 Å². The van der Waals surface area contributed by atoms with Crippen molar-refractivity contribution < 1.29 is 29.6 Å². The van der Waals surface area contributed by atoms with Gasteiger partial charge in [0.1, 0.15) is 6.33 Å². The molecular formula is C4H8BN2Na. The van der Waals surface area contributed by atoms with Gasteiger partial charge in [0.2, 0.25) is 0 Å². The Balaban J connectivity index is 0. The van der Waals surface area contributed by atoms with Crippen LogP contribution in [0.25, 0.3) is 0 Å². The molecule has 1 heterocycles. The number of hydrogen-bond acceptors (Lipinski definition) is 2. The van der Waals surface area contributed by atoms with E-state index in [1.54, 1.807) is 18.5 Å². The number of hydrogen-bond donors (Lipinski definition) is 0. The van der Waals surface area contributed by atoms with Gasteiger partial charge >= 0.3 is 29.6 Å². The molecule has 1 rings (SSSR count). The first-order chi connectivity index (χ1) is 3.00. The van der Waals surface area contributed by atoms with Crippen LogP contribution in [-0.4, -0.2) is 18.4 Å². The summed E-state index contributed by atoms with van der Waals surface area (Å²) in [5.41, 5.74) is 0. The standard InChI is InChI=1S/C4H4N2.BH4.Na/c1-2-5-4-6-3-1;;/h1-4H;1H4;/q;-1;+1. The molecule has 1 aromatic heterocycles. The van der Waals surface area contributed by atoms with E-state index in [-0.39, 0.29) is 38.0 Å². The van der Waals surface area contributed by atoms with Crippen molar-refractivity contribution >= 4 is 8.41 Å². The zero-order valence-electron chi connectivity index (χ0n) is 4.20. The van der Waals surface area contributed by atoms with Crippen LogP contribution in [0.4, 0.5) is 0 Å². The molecule has 38 valence electrons. The molecule has 0 bridgehead atoms. The predicted molar refractivity (Wildman–Crippen MR) is 33.4 cm³/mol. The summed E-state index contributed by atoms with van der Waals surface area (Å²) in [5.74, 6) is 0. The molecule has 0 aliphatic rings. The Morgan fingerprint density at radius 3 is 1.62 bits per heavy atom. The van der Waals surface area contributed by atoms with Crippen LogP contribution < -0.4 is 29.6 Å². The van der Waals surface area contributed by atoms with E-state index in [1.165, 1.54) is 6.33 Å². The van der Waals surface area contributed by atoms with Crippen molar-refractivity contribution in [2.24, 2.45) is 0 Å². The van der Waals surface area contributed by atoms with Crippen LogP contribution in [0.5, 0.6) is 0 Å². The van der Waals surface area contributed by atoms with Crippen LogP contribution >= 0.6 is 0 Å². The second-order valence-corrected chi connectivity index (χ2v) is 0.904. The fraction of sp³-hybridized carbons (Fsp3) is 0. The van der Waals surface area contributed by atoms with E-state index >= 15 is 0 Å². The van der Waals surface area contributed by atoms with Crippen LogP contribution in [0.3, 0.4) is 0 Å². The summed E-state index contributed by atoms with van der Waals surface area (Å²) >= 11 is 0. The van der Waals surface area contributed by atoms with E-state index in [0.29, 0.717) is 0 Å². The molecule has 0 atom stereocenters. The normalized spacial score (nSPS) is 6.00. The summed E-state index contributed by atoms with van der Waals surface area (Å²) in [6.45, 7) is 0. The SMILES string of the molecule is [BH4-].[Na+].c1cncnc1. The fourth-order valence-electron chi connectivity index (χ4n) is 0.253. The smallest absolute Gasteiger partial charge is 0.245 e. The van der Waals surface area contributed by atoms with E-state index in [2.05, 4.69) is 9.97 Å². The maximum atomic E-state index is 3.67. The summed E-state index contributed by atoms with van der Waals surface area (Å²) in [7, 11) is 0. The van der Waals surface area contributed by atoms with Crippen molar-refractivity contribution in [2.75, 3.05) is 0 Å². The summed E-state index contributed by atoms with van der Waals surface area (Å²) in [6.07, 6.45) is 4.88. The molecule has 0 aliphatic carbocycles. The zero-order valence-corrected chi connectivity index (χ0v) is 6.20. The molecule has 0 amide bonds. The first-order valence-corrected chi connectivity index (χ1v) is 1.70. The second-order valence-electron chi connectivity index (χ2n) is 0.904. The average molecular weight is 118 g/mol. The van der Waals surface area contributed by atoms with E-state index in [0.717, 1.165) is 0 Å². The van der Waals surface area contributed by atoms with Crippen molar-refractivity contribution in [3.63, 3.8) is 0 Å². The molecule has 0 radical (unpaired) electrons. The molecule has 1 aromatic rings. The minimum atomic E-state index is 0. The third-order valence-electron chi connectivity index (χ3n) is 0.478. The Labute approximate surface area is 72.6 Å². The number of nitrogens with zero attached hydrogens (tertiary/aromatic N) is 2. The van der Waals surface area contributed by atoms with Gasteiger partial charge in [-0.05, 0) is 6.07 Å². The molecule has 0 saturated carbocycles. The van der Waals surface area contributed by atoms with Gasteiger partial charge in [-0.25, -0.2) is 9.97 Å². The minimum absolute atomic E-state index is 0. The van der Waals surface area contributed by atoms with Gasteiger partial charge in [-0.2, -0.15) is 0 Å². The molecular weight excluding hydrogens is 110 g/mol. The summed E-state index contributed by atoms with van der Waals surface area (Å²) in [6, 6.07) is 1.78. The molecule has 0 fully saturated rings. The monoisotopic (exact) mass is 118 g/mol. The molecule has 0 aliphatic heterocycles. The van der Waals surface area contributed by atoms with Gasteiger partial charge in [0.15, 0.2) is 0 Å². The van der Waals surface area contributed by atoms with Gasteiger partial charge < -0.3 is 0 Å². The fourth-order valence-corrected chi connectivity index (χ4v) is 0.253. The third kappa shape index (κ3) is 4.31. The Morgan fingerprint density at radius 1 is 1.00 bits per heavy atom. The maximum absolute atomic E-state index is 3.67. The Kier molecular flexibility index (Phi) is 9.83. The first-order valence-electron chi connectivity index (χ1n) is 1.70. The summed E-state index contributed by atoms with van der Waals surface area (Å²) in [5, 5.41) is 0. The van der Waals surface area contributed by atoms with Crippen LogP contribution in [0.15, 0.2) is 24.8 Å². The summed E-state index contributed by atoms with van der Waals surface area (Å²) < 4.78 is 0. The Morgan fingerprint density at radius 2 is 1.50 bits per heavy atom. The van der Waals surface area contributed by atoms with Crippen molar-refractivity contribution in [1.82, 2.24) is 9.97 Å². The van der Waals surface area contributed by atoms with Gasteiger partial charge in [0.05, 0.1) is 0 Å². The maximum Gasteiger partial charge on any atom is 1.00 e. The molecule has 8 heavy (non-hydrogen) atoms. The van der Waals surface area contributed by atoms with Crippen molar-refractivity contribution in [1.29, 1.82) is 0 Å². The summed E-state index contributed by atoms with van der Waals surface area (Å²) in [4.78, 5) is 7.35. The number of rotatable bonds is 0. The quantitative estimate of drug-likeness (QED) is 0.325. The third-order valence-corrected chi connectivity index (χ3v) is 0.478. The Bertz CT molecular complexity index is 86.0. The van der Waals surface area contributed by atoms with Crippen molar-refractivity contribution in [2.45, 2.75) is 0 Å². The second kappa shape index (κ2) is 7.14. The van der Waals surface area contributed by atoms with Crippen molar-refractivity contribution in [3.05, 3.63) is 24.8 Å². The predicted octanol–water partition coefficient (Wildman–Crippen LogP) is -3.97. The molecule has 0 unspecified atom stereocenters. The molecule has 2 nitrogen and oxygen atoms in total. The molecule has 4 heteroatoms. The largest absolute Gasteiger partial charge is 1.00 e. The molecule has 0 N–H and O–H groups in total. The van der Waals surface area contributed by atoms with Crippen LogP contribution in [0.2, 0.25) is 0 Å². The van der Waals surface area contributed by atoms with Crippen LogP contribution in [0.1, 0.15) is 0 Å². The van der Waals surface area contributed by atoms with E-state index < -0.39 is 0 Å². The van der Waals surface area contributed by atoms with E-state index in [1.807, 2.05) is 0 Å². The minimum Gasteiger partial charge on any atom is -0.245 e. The molecule has 0 spiro atoms.